The maximum absolute atomic E-state index is 13.0. The molecule has 1 fully saturated rings. The van der Waals surface area contributed by atoms with Gasteiger partial charge in [0.25, 0.3) is 0 Å². The van der Waals surface area contributed by atoms with Crippen molar-refractivity contribution >= 4 is 5.78 Å². The Bertz CT molecular complexity index is 830. The molecule has 1 spiro atoms. The topological polar surface area (TPSA) is 17.1 Å². The van der Waals surface area contributed by atoms with Gasteiger partial charge in [-0.1, -0.05) is 60.2 Å². The first-order chi connectivity index (χ1) is 11.2. The van der Waals surface area contributed by atoms with Crippen molar-refractivity contribution in [3.05, 3.63) is 71.3 Å². The number of benzene rings is 2. The highest BCUT2D eigenvalue weighted by Crippen LogP contribution is 2.56. The predicted octanol–water partition coefficient (Wildman–Crippen LogP) is 4.75. The fourth-order valence-electron chi connectivity index (χ4n) is 5.00. The van der Waals surface area contributed by atoms with Crippen LogP contribution in [0, 0.1) is 11.3 Å². The highest BCUT2D eigenvalue weighted by Gasteiger charge is 2.53. The highest BCUT2D eigenvalue weighted by atomic mass is 16.1. The normalized spacial score (nSPS) is 28.1. The molecule has 0 N–H and O–H groups in total. The molecule has 2 aromatic carbocycles. The van der Waals surface area contributed by atoms with E-state index in [2.05, 4.69) is 48.5 Å². The molecular formula is C22H20O. The molecule has 0 aromatic heterocycles. The first-order valence-electron chi connectivity index (χ1n) is 8.63. The second kappa shape index (κ2) is 4.67. The van der Waals surface area contributed by atoms with Gasteiger partial charge in [-0.25, -0.2) is 0 Å². The molecule has 5 rings (SSSR count). The summed E-state index contributed by atoms with van der Waals surface area (Å²) in [6, 6.07) is 17.2. The summed E-state index contributed by atoms with van der Waals surface area (Å²) < 4.78 is 0. The van der Waals surface area contributed by atoms with Crippen LogP contribution in [0.2, 0.25) is 0 Å². The molecule has 2 unspecified atom stereocenters. The van der Waals surface area contributed by atoms with E-state index < -0.39 is 0 Å². The first kappa shape index (κ1) is 13.3. The van der Waals surface area contributed by atoms with Crippen LogP contribution in [0.4, 0.5) is 0 Å². The molecule has 23 heavy (non-hydrogen) atoms. The number of carbonyl (C=O) groups is 1. The molecule has 0 amide bonds. The summed E-state index contributed by atoms with van der Waals surface area (Å²) >= 11 is 0. The molecule has 1 saturated carbocycles. The standard InChI is InChI=1S/C22H20O/c23-21-12-19-11-17(16-4-2-1-3-5-16)7-8-18(19)14-22(21)13-15-6-9-20(22)10-15/h1-8,11,20H,9-10,12-14H2. The average Bonchev–Trinajstić information content (AvgIpc) is 3.18. The lowest BCUT2D eigenvalue weighted by Crippen LogP contribution is -2.42. The Morgan fingerprint density at radius 1 is 0.913 bits per heavy atom. The highest BCUT2D eigenvalue weighted by molar-refractivity contribution is 5.91. The Hall–Kier alpha value is -2.15. The first-order valence-corrected chi connectivity index (χ1v) is 8.63. The van der Waals surface area contributed by atoms with Crippen molar-refractivity contribution in [2.24, 2.45) is 11.3 Å². The molecule has 2 atom stereocenters. The fraction of sp³-hybridized carbons (Fsp3) is 0.318. The number of allylic oxidation sites excluding steroid dienone is 2. The lowest BCUT2D eigenvalue weighted by molar-refractivity contribution is -0.131. The summed E-state index contributed by atoms with van der Waals surface area (Å²) in [5.41, 5.74) is 6.58. The van der Waals surface area contributed by atoms with Crippen LogP contribution in [0.25, 0.3) is 11.1 Å². The van der Waals surface area contributed by atoms with Crippen LogP contribution in [0.15, 0.2) is 60.2 Å². The summed E-state index contributed by atoms with van der Waals surface area (Å²) in [4.78, 5) is 13.0. The minimum Gasteiger partial charge on any atom is -0.299 e. The van der Waals surface area contributed by atoms with Crippen molar-refractivity contribution in [2.75, 3.05) is 0 Å². The molecule has 0 saturated heterocycles. The molecule has 3 aliphatic rings. The Balaban J connectivity index is 1.54. The Morgan fingerprint density at radius 3 is 2.52 bits per heavy atom. The van der Waals surface area contributed by atoms with Gasteiger partial charge in [0.05, 0.1) is 0 Å². The zero-order valence-electron chi connectivity index (χ0n) is 13.2. The lowest BCUT2D eigenvalue weighted by atomic mass is 9.63. The van der Waals surface area contributed by atoms with Crippen LogP contribution in [0.1, 0.15) is 30.4 Å². The summed E-state index contributed by atoms with van der Waals surface area (Å²) in [5, 5.41) is 0. The predicted molar refractivity (Wildman–Crippen MR) is 92.2 cm³/mol. The van der Waals surface area contributed by atoms with Crippen molar-refractivity contribution in [3.63, 3.8) is 0 Å². The second-order valence-corrected chi connectivity index (χ2v) is 7.46. The van der Waals surface area contributed by atoms with Crippen molar-refractivity contribution < 1.29 is 4.79 Å². The van der Waals surface area contributed by atoms with Crippen LogP contribution < -0.4 is 0 Å². The molecule has 2 bridgehead atoms. The number of ketones is 1. The number of carbonyl (C=O) groups excluding carboxylic acids is 1. The Kier molecular flexibility index (Phi) is 2.70. The van der Waals surface area contributed by atoms with E-state index in [-0.39, 0.29) is 5.41 Å². The van der Waals surface area contributed by atoms with E-state index in [1.807, 2.05) is 6.07 Å². The van der Waals surface area contributed by atoms with E-state index in [0.29, 0.717) is 18.1 Å². The summed E-state index contributed by atoms with van der Waals surface area (Å²) in [6.07, 6.45) is 7.27. The molecule has 0 radical (unpaired) electrons. The van der Waals surface area contributed by atoms with Crippen molar-refractivity contribution in [1.82, 2.24) is 0 Å². The van der Waals surface area contributed by atoms with E-state index in [9.17, 15) is 4.79 Å². The SMILES string of the molecule is O=C1Cc2cc(-c3ccccc3)ccc2CC12CC1=CCC2C1. The van der Waals surface area contributed by atoms with Gasteiger partial charge >= 0.3 is 0 Å². The van der Waals surface area contributed by atoms with E-state index >= 15 is 0 Å². The molecule has 0 aliphatic heterocycles. The molecule has 1 heteroatoms. The summed E-state index contributed by atoms with van der Waals surface area (Å²) in [5.74, 6) is 1.07. The van der Waals surface area contributed by atoms with Gasteiger partial charge in [-0.2, -0.15) is 0 Å². The van der Waals surface area contributed by atoms with Crippen LogP contribution in [0.3, 0.4) is 0 Å². The van der Waals surface area contributed by atoms with Crippen LogP contribution >= 0.6 is 0 Å². The summed E-state index contributed by atoms with van der Waals surface area (Å²) in [7, 11) is 0. The van der Waals surface area contributed by atoms with Gasteiger partial charge in [0.1, 0.15) is 5.78 Å². The molecular weight excluding hydrogens is 280 g/mol. The van der Waals surface area contributed by atoms with Gasteiger partial charge in [-0.3, -0.25) is 4.79 Å². The van der Waals surface area contributed by atoms with Gasteiger partial charge in [0.2, 0.25) is 0 Å². The number of hydrogen-bond donors (Lipinski definition) is 0. The molecule has 0 heterocycles. The second-order valence-electron chi connectivity index (χ2n) is 7.46. The maximum atomic E-state index is 13.0. The zero-order valence-corrected chi connectivity index (χ0v) is 13.2. The van der Waals surface area contributed by atoms with Gasteiger partial charge in [-0.15, -0.1) is 0 Å². The number of fused-ring (bicyclic) bond motifs is 4. The number of Topliss-reactive ketones (excluding diaryl/α,β-unsaturated/α-hetero) is 1. The van der Waals surface area contributed by atoms with Crippen molar-refractivity contribution in [1.29, 1.82) is 0 Å². The van der Waals surface area contributed by atoms with Crippen LogP contribution in [-0.4, -0.2) is 5.78 Å². The molecule has 1 nitrogen and oxygen atoms in total. The van der Waals surface area contributed by atoms with Gasteiger partial charge in [0.15, 0.2) is 0 Å². The van der Waals surface area contributed by atoms with E-state index in [4.69, 9.17) is 0 Å². The number of hydrogen-bond acceptors (Lipinski definition) is 1. The van der Waals surface area contributed by atoms with Gasteiger partial charge < -0.3 is 0 Å². The molecule has 3 aliphatic carbocycles. The molecule has 114 valence electrons. The van der Waals surface area contributed by atoms with E-state index in [0.717, 1.165) is 19.3 Å². The zero-order chi connectivity index (χ0) is 15.4. The van der Waals surface area contributed by atoms with Crippen molar-refractivity contribution in [3.8, 4) is 11.1 Å². The van der Waals surface area contributed by atoms with Crippen molar-refractivity contribution in [2.45, 2.75) is 32.1 Å². The minimum atomic E-state index is -0.0641. The number of rotatable bonds is 1. The fourth-order valence-corrected chi connectivity index (χ4v) is 5.00. The quantitative estimate of drug-likeness (QED) is 0.695. The average molecular weight is 300 g/mol. The maximum Gasteiger partial charge on any atom is 0.144 e. The van der Waals surface area contributed by atoms with Crippen LogP contribution in [-0.2, 0) is 17.6 Å². The summed E-state index contributed by atoms with van der Waals surface area (Å²) in [6.45, 7) is 0. The van der Waals surface area contributed by atoms with Gasteiger partial charge in [0, 0.05) is 11.8 Å². The van der Waals surface area contributed by atoms with Crippen LogP contribution in [0.5, 0.6) is 0 Å². The minimum absolute atomic E-state index is 0.0641. The monoisotopic (exact) mass is 300 g/mol. The Labute approximate surface area is 137 Å². The third-order valence-corrected chi connectivity index (χ3v) is 6.25. The smallest absolute Gasteiger partial charge is 0.144 e. The Morgan fingerprint density at radius 2 is 1.78 bits per heavy atom. The molecule has 2 aromatic rings. The van der Waals surface area contributed by atoms with E-state index in [1.165, 1.54) is 34.2 Å². The largest absolute Gasteiger partial charge is 0.299 e. The third-order valence-electron chi connectivity index (χ3n) is 6.25. The van der Waals surface area contributed by atoms with E-state index in [1.54, 1.807) is 0 Å². The third kappa shape index (κ3) is 1.89. The lowest BCUT2D eigenvalue weighted by Gasteiger charge is -2.39. The van der Waals surface area contributed by atoms with Gasteiger partial charge in [-0.05, 0) is 53.9 Å².